The number of anilines is 1. The topological polar surface area (TPSA) is 84.0 Å². The average molecular weight is 280 g/mol. The molecule has 2 aromatic rings. The molecule has 0 aliphatic rings. The summed E-state index contributed by atoms with van der Waals surface area (Å²) in [5, 5.41) is 2.91. The van der Waals surface area contributed by atoms with Gasteiger partial charge in [-0.25, -0.2) is 4.79 Å². The Hall–Kier alpha value is -2.34. The van der Waals surface area contributed by atoms with E-state index in [1.165, 1.54) is 12.3 Å². The second-order valence-electron chi connectivity index (χ2n) is 3.74. The molecule has 0 saturated heterocycles. The Balaban J connectivity index is 2.17. The first kappa shape index (κ1) is 13.1. The van der Waals surface area contributed by atoms with Crippen molar-refractivity contribution in [2.75, 3.05) is 5.32 Å². The first-order valence-corrected chi connectivity index (χ1v) is 5.78. The van der Waals surface area contributed by atoms with Crippen LogP contribution in [0.2, 0.25) is 5.02 Å². The Kier molecular flexibility index (Phi) is 3.82. The summed E-state index contributed by atoms with van der Waals surface area (Å²) in [5.74, 6) is -0.508. The van der Waals surface area contributed by atoms with Gasteiger partial charge in [0.15, 0.2) is 0 Å². The van der Waals surface area contributed by atoms with Crippen LogP contribution in [0.15, 0.2) is 46.1 Å². The lowest BCUT2D eigenvalue weighted by molar-refractivity contribution is -0.116. The van der Waals surface area contributed by atoms with Gasteiger partial charge in [-0.3, -0.25) is 14.2 Å². The monoisotopic (exact) mass is 279 g/mol. The fourth-order valence-corrected chi connectivity index (χ4v) is 1.68. The number of hydrogen-bond donors (Lipinski definition) is 2. The first-order chi connectivity index (χ1) is 9.08. The highest BCUT2D eigenvalue weighted by molar-refractivity contribution is 6.33. The molecule has 0 aliphatic heterocycles. The largest absolute Gasteiger partial charge is 0.328 e. The number of carbonyl (C=O) groups excluding carboxylic acids is 1. The molecule has 1 aromatic heterocycles. The van der Waals surface area contributed by atoms with E-state index in [0.717, 1.165) is 4.57 Å². The van der Waals surface area contributed by atoms with Gasteiger partial charge in [0.25, 0.3) is 5.56 Å². The van der Waals surface area contributed by atoms with Gasteiger partial charge in [-0.15, -0.1) is 0 Å². The predicted molar refractivity (Wildman–Crippen MR) is 71.4 cm³/mol. The van der Waals surface area contributed by atoms with E-state index in [1.54, 1.807) is 24.3 Å². The number of nitrogens with one attached hydrogen (secondary N) is 2. The van der Waals surface area contributed by atoms with Crippen molar-refractivity contribution in [3.8, 4) is 0 Å². The second-order valence-corrected chi connectivity index (χ2v) is 4.14. The highest BCUT2D eigenvalue weighted by atomic mass is 35.5. The summed E-state index contributed by atoms with van der Waals surface area (Å²) in [5.41, 5.74) is -0.755. The molecular formula is C12H10ClN3O3. The minimum Gasteiger partial charge on any atom is -0.323 e. The summed E-state index contributed by atoms with van der Waals surface area (Å²) in [6, 6.07) is 7.86. The van der Waals surface area contributed by atoms with Crippen LogP contribution in [0.25, 0.3) is 0 Å². The van der Waals surface area contributed by atoms with Crippen molar-refractivity contribution in [1.29, 1.82) is 0 Å². The van der Waals surface area contributed by atoms with Gasteiger partial charge in [0, 0.05) is 12.3 Å². The van der Waals surface area contributed by atoms with Gasteiger partial charge in [-0.2, -0.15) is 0 Å². The maximum Gasteiger partial charge on any atom is 0.328 e. The van der Waals surface area contributed by atoms with Gasteiger partial charge in [-0.05, 0) is 12.1 Å². The Morgan fingerprint density at radius 3 is 2.68 bits per heavy atom. The van der Waals surface area contributed by atoms with Crippen LogP contribution in [-0.2, 0) is 11.3 Å². The second kappa shape index (κ2) is 5.53. The fraction of sp³-hybridized carbons (Fsp3) is 0.0833. The Morgan fingerprint density at radius 1 is 1.26 bits per heavy atom. The number of benzene rings is 1. The molecule has 0 fully saturated rings. The van der Waals surface area contributed by atoms with Crippen molar-refractivity contribution in [2.45, 2.75) is 6.54 Å². The van der Waals surface area contributed by atoms with Gasteiger partial charge in [0.1, 0.15) is 6.54 Å². The third kappa shape index (κ3) is 3.11. The molecule has 19 heavy (non-hydrogen) atoms. The van der Waals surface area contributed by atoms with E-state index in [2.05, 4.69) is 10.3 Å². The molecule has 1 amide bonds. The molecule has 0 atom stereocenters. The normalized spacial score (nSPS) is 10.2. The molecule has 0 bridgehead atoms. The molecule has 0 aliphatic carbocycles. The van der Waals surface area contributed by atoms with Crippen LogP contribution in [0, 0.1) is 0 Å². The van der Waals surface area contributed by atoms with Gasteiger partial charge >= 0.3 is 5.69 Å². The highest BCUT2D eigenvalue weighted by Gasteiger charge is 2.09. The predicted octanol–water partition coefficient (Wildman–Crippen LogP) is 0.829. The number of rotatable bonds is 3. The van der Waals surface area contributed by atoms with Gasteiger partial charge in [0.05, 0.1) is 10.7 Å². The summed E-state index contributed by atoms with van der Waals surface area (Å²) in [6.07, 6.45) is 1.23. The Bertz CT molecular complexity index is 692. The standard InChI is InChI=1S/C12H10ClN3O3/c13-8-3-1-2-4-9(8)15-10(17)7-16-11(18)5-6-14-12(16)19/h1-6H,7H2,(H,14,19)(H,15,17). The third-order valence-electron chi connectivity index (χ3n) is 2.39. The number of aromatic amines is 1. The lowest BCUT2D eigenvalue weighted by atomic mass is 10.3. The molecule has 6 nitrogen and oxygen atoms in total. The van der Waals surface area contributed by atoms with Crippen molar-refractivity contribution < 1.29 is 4.79 Å². The number of H-pyrrole nitrogens is 1. The number of hydrogen-bond acceptors (Lipinski definition) is 3. The van der Waals surface area contributed by atoms with Crippen LogP contribution in [0.3, 0.4) is 0 Å². The summed E-state index contributed by atoms with van der Waals surface area (Å²) in [6.45, 7) is -0.375. The number of carbonyl (C=O) groups is 1. The summed E-state index contributed by atoms with van der Waals surface area (Å²) in [4.78, 5) is 36.9. The van der Waals surface area contributed by atoms with Crippen LogP contribution in [-0.4, -0.2) is 15.5 Å². The molecular weight excluding hydrogens is 270 g/mol. The van der Waals surface area contributed by atoms with Crippen molar-refractivity contribution in [1.82, 2.24) is 9.55 Å². The van der Waals surface area contributed by atoms with Crippen molar-refractivity contribution >= 4 is 23.2 Å². The molecule has 98 valence electrons. The van der Waals surface area contributed by atoms with E-state index in [9.17, 15) is 14.4 Å². The van der Waals surface area contributed by atoms with E-state index >= 15 is 0 Å². The smallest absolute Gasteiger partial charge is 0.323 e. The molecule has 0 unspecified atom stereocenters. The van der Waals surface area contributed by atoms with Crippen LogP contribution in [0.5, 0.6) is 0 Å². The number of para-hydroxylation sites is 1. The zero-order valence-electron chi connectivity index (χ0n) is 9.72. The molecule has 2 N–H and O–H groups in total. The van der Waals surface area contributed by atoms with Gasteiger partial charge < -0.3 is 10.3 Å². The van der Waals surface area contributed by atoms with Gasteiger partial charge in [0.2, 0.25) is 5.91 Å². The molecule has 0 saturated carbocycles. The van der Waals surface area contributed by atoms with Crippen LogP contribution >= 0.6 is 11.6 Å². The van der Waals surface area contributed by atoms with Crippen LogP contribution < -0.4 is 16.6 Å². The van der Waals surface area contributed by atoms with E-state index in [-0.39, 0.29) is 6.54 Å². The minimum absolute atomic E-state index is 0.375. The fourth-order valence-electron chi connectivity index (χ4n) is 1.50. The Morgan fingerprint density at radius 2 is 2.00 bits per heavy atom. The van der Waals surface area contributed by atoms with E-state index in [1.807, 2.05) is 0 Å². The summed E-state index contributed by atoms with van der Waals surface area (Å²) in [7, 11) is 0. The van der Waals surface area contributed by atoms with Crippen molar-refractivity contribution in [2.24, 2.45) is 0 Å². The summed E-state index contributed by atoms with van der Waals surface area (Å²) < 4.78 is 0.798. The van der Waals surface area contributed by atoms with Gasteiger partial charge in [-0.1, -0.05) is 23.7 Å². The maximum absolute atomic E-state index is 11.8. The van der Waals surface area contributed by atoms with E-state index in [4.69, 9.17) is 11.6 Å². The molecule has 2 rings (SSSR count). The lowest BCUT2D eigenvalue weighted by Crippen LogP contribution is -2.37. The Labute approximate surface area is 112 Å². The number of halogens is 1. The van der Waals surface area contributed by atoms with Crippen LogP contribution in [0.1, 0.15) is 0 Å². The molecule has 0 spiro atoms. The third-order valence-corrected chi connectivity index (χ3v) is 2.72. The van der Waals surface area contributed by atoms with Crippen LogP contribution in [0.4, 0.5) is 5.69 Å². The van der Waals surface area contributed by atoms with Crippen molar-refractivity contribution in [3.05, 3.63) is 62.4 Å². The number of nitrogens with zero attached hydrogens (tertiary/aromatic N) is 1. The number of amides is 1. The molecule has 7 heteroatoms. The molecule has 0 radical (unpaired) electrons. The zero-order chi connectivity index (χ0) is 13.8. The first-order valence-electron chi connectivity index (χ1n) is 5.41. The zero-order valence-corrected chi connectivity index (χ0v) is 10.5. The molecule has 1 heterocycles. The minimum atomic E-state index is -0.637. The summed E-state index contributed by atoms with van der Waals surface area (Å²) >= 11 is 5.88. The average Bonchev–Trinajstić information content (AvgIpc) is 2.37. The highest BCUT2D eigenvalue weighted by Crippen LogP contribution is 2.20. The lowest BCUT2D eigenvalue weighted by Gasteiger charge is -2.07. The van der Waals surface area contributed by atoms with E-state index < -0.39 is 17.2 Å². The quantitative estimate of drug-likeness (QED) is 0.873. The number of aromatic nitrogens is 2. The van der Waals surface area contributed by atoms with Crippen molar-refractivity contribution in [3.63, 3.8) is 0 Å². The maximum atomic E-state index is 11.8. The SMILES string of the molecule is O=C(Cn1c(=O)cc[nH]c1=O)Nc1ccccc1Cl. The van der Waals surface area contributed by atoms with E-state index in [0.29, 0.717) is 10.7 Å². The molecule has 1 aromatic carbocycles.